The predicted octanol–water partition coefficient (Wildman–Crippen LogP) is 10.00. The van der Waals surface area contributed by atoms with E-state index in [2.05, 4.69) is 24.9 Å². The number of carbonyl (C=O) groups is 2. The van der Waals surface area contributed by atoms with Crippen LogP contribution in [-0.4, -0.2) is 109 Å². The van der Waals surface area contributed by atoms with Crippen LogP contribution < -0.4 is 14.8 Å². The minimum atomic E-state index is -1.50. The van der Waals surface area contributed by atoms with E-state index in [0.717, 1.165) is 68.1 Å². The fraction of sp³-hybridized carbons (Fsp3) is 0.648. The van der Waals surface area contributed by atoms with Crippen LogP contribution in [0.15, 0.2) is 78.0 Å². The van der Waals surface area contributed by atoms with Gasteiger partial charge < -0.3 is 49.2 Å². The molecule has 1 heterocycles. The van der Waals surface area contributed by atoms with Crippen molar-refractivity contribution in [1.29, 1.82) is 0 Å². The van der Waals surface area contributed by atoms with Gasteiger partial charge in [0.25, 0.3) is 0 Å². The third-order valence-electron chi connectivity index (χ3n) is 13.5. The number of carbonyl (C=O) groups excluding carboxylic acids is 2. The maximum Gasteiger partial charge on any atom is 0.412 e. The standard InChI is InChI=1S/C54H81N3O11/c1-4-7-8-9-10-11-12-13-14-22-34-64-53(62)57(29-35-63-36-32-60)49-39-47(56-66-6-3)45-37-42(25-18-20-30-58)44(26-19-21-31-59)50-46-38-43(67-52(61)55-40-41-23-16-15-17-24-41)27-28-48(46)68-54(49,51(45)50)65-33-5-2/h5,15-17,23-24,27-28,37-38,42,44,49-51,58-60H,2,4,6-14,18-22,25-26,29-36,39-40H2,1,3H3,(H,55,61)/t42-,44+,49-,50+,51+,54+/m0/s1. The molecule has 2 aromatic carbocycles. The molecular weight excluding hydrogens is 867 g/mol. The minimum absolute atomic E-state index is 0.0238. The van der Waals surface area contributed by atoms with E-state index in [9.17, 15) is 24.9 Å². The first-order valence-electron chi connectivity index (χ1n) is 25.7. The van der Waals surface area contributed by atoms with E-state index in [1.807, 2.05) is 49.4 Å². The minimum Gasteiger partial charge on any atom is -0.459 e. The fourth-order valence-corrected chi connectivity index (χ4v) is 10.3. The molecule has 68 heavy (non-hydrogen) atoms. The molecule has 2 amide bonds. The summed E-state index contributed by atoms with van der Waals surface area (Å²) in [5.41, 5.74) is 3.32. The van der Waals surface area contributed by atoms with E-state index in [1.165, 1.54) is 38.5 Å². The number of nitrogens with one attached hydrogen (secondary N) is 1. The van der Waals surface area contributed by atoms with Crippen LogP contribution in [0.1, 0.15) is 140 Å². The number of amides is 2. The zero-order valence-electron chi connectivity index (χ0n) is 41.0. The SMILES string of the molecule is C=CCO[C@@]12Oc3ccc(OC(=O)NCc4ccccc4)cc3[C@H]3[C@H](CCCCO)[C@@H](CCCCO)C=C(C(=NOCC)C[C@@H]1N(CCOCCO)C(=O)OCCCCCCCCCCCC)[C@H]32. The molecule has 14 heteroatoms. The number of unbranched alkanes of at least 4 members (excludes halogenated alkanes) is 11. The first-order valence-corrected chi connectivity index (χ1v) is 25.7. The number of benzene rings is 2. The Kier molecular flexibility index (Phi) is 24.2. The molecule has 0 spiro atoms. The number of hydrogen-bond acceptors (Lipinski definition) is 12. The molecule has 3 aliphatic rings. The van der Waals surface area contributed by atoms with Gasteiger partial charge in [0.2, 0.25) is 5.79 Å². The second-order valence-corrected chi connectivity index (χ2v) is 18.2. The molecule has 0 aromatic heterocycles. The van der Waals surface area contributed by atoms with Gasteiger partial charge in [-0.25, -0.2) is 9.59 Å². The second kappa shape index (κ2) is 30.2. The van der Waals surface area contributed by atoms with Crippen molar-refractivity contribution in [3.8, 4) is 11.5 Å². The fourth-order valence-electron chi connectivity index (χ4n) is 10.3. The lowest BCUT2D eigenvalue weighted by Crippen LogP contribution is -2.70. The Labute approximate surface area is 405 Å². The highest BCUT2D eigenvalue weighted by atomic mass is 16.7. The van der Waals surface area contributed by atoms with E-state index in [0.29, 0.717) is 43.2 Å². The number of aliphatic hydroxyl groups is 3. The molecule has 1 saturated carbocycles. The number of nitrogens with zero attached hydrogens (tertiary/aromatic N) is 2. The lowest BCUT2D eigenvalue weighted by Gasteiger charge is -2.59. The highest BCUT2D eigenvalue weighted by Gasteiger charge is 2.65. The number of allylic oxidation sites excluding steroid dienone is 1. The summed E-state index contributed by atoms with van der Waals surface area (Å²) in [4.78, 5) is 35.5. The summed E-state index contributed by atoms with van der Waals surface area (Å²) < 4.78 is 32.2. The van der Waals surface area contributed by atoms with Crippen LogP contribution in [0.2, 0.25) is 0 Å². The summed E-state index contributed by atoms with van der Waals surface area (Å²) in [5.74, 6) is -1.51. The van der Waals surface area contributed by atoms with Crippen molar-refractivity contribution < 1.29 is 53.4 Å². The van der Waals surface area contributed by atoms with E-state index >= 15 is 0 Å². The lowest BCUT2D eigenvalue weighted by molar-refractivity contribution is -0.256. The molecule has 1 fully saturated rings. The number of hydrogen-bond donors (Lipinski definition) is 4. The molecule has 2 aliphatic carbocycles. The molecule has 6 atom stereocenters. The summed E-state index contributed by atoms with van der Waals surface area (Å²) in [5, 5.41) is 37.1. The van der Waals surface area contributed by atoms with Crippen LogP contribution in [0.4, 0.5) is 9.59 Å². The van der Waals surface area contributed by atoms with Gasteiger partial charge in [0.05, 0.1) is 44.7 Å². The Bertz CT molecular complexity index is 1860. The van der Waals surface area contributed by atoms with Gasteiger partial charge >= 0.3 is 12.2 Å². The van der Waals surface area contributed by atoms with E-state index in [1.54, 1.807) is 17.0 Å². The second-order valence-electron chi connectivity index (χ2n) is 18.2. The first kappa shape index (κ1) is 54.5. The first-order chi connectivity index (χ1) is 33.3. The smallest absolute Gasteiger partial charge is 0.412 e. The van der Waals surface area contributed by atoms with Gasteiger partial charge in [0.1, 0.15) is 24.1 Å². The van der Waals surface area contributed by atoms with Crippen LogP contribution >= 0.6 is 0 Å². The maximum absolute atomic E-state index is 14.7. The van der Waals surface area contributed by atoms with Crippen molar-refractivity contribution in [1.82, 2.24) is 10.2 Å². The Morgan fingerprint density at radius 1 is 0.868 bits per heavy atom. The lowest BCUT2D eigenvalue weighted by atomic mass is 9.55. The van der Waals surface area contributed by atoms with Crippen LogP contribution in [0.25, 0.3) is 0 Å². The zero-order valence-corrected chi connectivity index (χ0v) is 41.0. The molecule has 14 nitrogen and oxygen atoms in total. The molecule has 1 aliphatic heterocycles. The summed E-state index contributed by atoms with van der Waals surface area (Å²) in [6.45, 7) is 9.42. The van der Waals surface area contributed by atoms with Gasteiger partial charge in [0, 0.05) is 44.2 Å². The van der Waals surface area contributed by atoms with Crippen molar-refractivity contribution >= 4 is 17.9 Å². The normalized spacial score (nSPS) is 22.0. The summed E-state index contributed by atoms with van der Waals surface area (Å²) >= 11 is 0. The molecule has 4 N–H and O–H groups in total. The van der Waals surface area contributed by atoms with Crippen molar-refractivity contribution in [3.63, 3.8) is 0 Å². The van der Waals surface area contributed by atoms with Crippen molar-refractivity contribution in [2.75, 3.05) is 59.4 Å². The van der Waals surface area contributed by atoms with Gasteiger partial charge in [-0.1, -0.05) is 125 Å². The van der Waals surface area contributed by atoms with E-state index in [-0.39, 0.29) is 77.0 Å². The van der Waals surface area contributed by atoms with E-state index < -0.39 is 29.9 Å². The average molecular weight is 948 g/mol. The average Bonchev–Trinajstić information content (AvgIpc) is 3.35. The Balaban J connectivity index is 1.57. The number of ether oxygens (including phenoxy) is 5. The van der Waals surface area contributed by atoms with Crippen molar-refractivity contribution in [3.05, 3.63) is 84.0 Å². The molecular formula is C54H81N3O11. The molecule has 2 aromatic rings. The van der Waals surface area contributed by atoms with Crippen LogP contribution in [-0.2, 0) is 25.6 Å². The van der Waals surface area contributed by atoms with Crippen molar-refractivity contribution in [2.24, 2.45) is 22.9 Å². The molecule has 5 rings (SSSR count). The van der Waals surface area contributed by atoms with E-state index in [4.69, 9.17) is 33.7 Å². The number of rotatable bonds is 33. The molecule has 0 saturated heterocycles. The largest absolute Gasteiger partial charge is 0.459 e. The van der Waals surface area contributed by atoms with Crippen molar-refractivity contribution in [2.45, 2.75) is 147 Å². The van der Waals surface area contributed by atoms with Gasteiger partial charge in [0.15, 0.2) is 0 Å². The molecule has 0 unspecified atom stereocenters. The van der Waals surface area contributed by atoms with Crippen LogP contribution in [0.3, 0.4) is 0 Å². The predicted molar refractivity (Wildman–Crippen MR) is 264 cm³/mol. The van der Waals surface area contributed by atoms with Gasteiger partial charge in [-0.05, 0) is 80.2 Å². The third kappa shape index (κ3) is 15.5. The molecule has 0 radical (unpaired) electrons. The summed E-state index contributed by atoms with van der Waals surface area (Å²) in [6.07, 6.45) is 18.9. The quantitative estimate of drug-likeness (QED) is 0.0304. The topological polar surface area (TPSA) is 178 Å². The Morgan fingerprint density at radius 3 is 2.28 bits per heavy atom. The molecule has 0 bridgehead atoms. The summed E-state index contributed by atoms with van der Waals surface area (Å²) in [6, 6.07) is 14.2. The summed E-state index contributed by atoms with van der Waals surface area (Å²) in [7, 11) is 0. The highest BCUT2D eigenvalue weighted by molar-refractivity contribution is 6.03. The number of aliphatic hydroxyl groups excluding tert-OH is 3. The van der Waals surface area contributed by atoms with Gasteiger partial charge in [-0.2, -0.15) is 0 Å². The van der Waals surface area contributed by atoms with Crippen LogP contribution in [0.5, 0.6) is 11.5 Å². The van der Waals surface area contributed by atoms with Crippen LogP contribution in [0, 0.1) is 17.8 Å². The molecule has 378 valence electrons. The monoisotopic (exact) mass is 948 g/mol. The van der Waals surface area contributed by atoms with Gasteiger partial charge in [-0.3, -0.25) is 4.90 Å². The van der Waals surface area contributed by atoms with Gasteiger partial charge in [-0.15, -0.1) is 6.58 Å². The Hall–Kier alpha value is -4.47. The third-order valence-corrected chi connectivity index (χ3v) is 13.5. The number of fused-ring (bicyclic) bond motifs is 2. The zero-order chi connectivity index (χ0) is 48.4. The number of oxime groups is 1. The Morgan fingerprint density at radius 2 is 1.59 bits per heavy atom. The highest BCUT2D eigenvalue weighted by Crippen LogP contribution is 2.62. The maximum atomic E-state index is 14.7.